The average molecular weight is 377 g/mol. The molecule has 2 aromatic carbocycles. The van der Waals surface area contributed by atoms with E-state index < -0.39 is 0 Å². The third-order valence-corrected chi connectivity index (χ3v) is 5.96. The monoisotopic (exact) mass is 376 g/mol. The molecular formula is C24H28N2O2. The summed E-state index contributed by atoms with van der Waals surface area (Å²) in [5.41, 5.74) is 2.88. The minimum atomic E-state index is 0.136. The molecule has 0 saturated carbocycles. The van der Waals surface area contributed by atoms with E-state index in [9.17, 15) is 4.79 Å². The van der Waals surface area contributed by atoms with Gasteiger partial charge in [0, 0.05) is 47.2 Å². The van der Waals surface area contributed by atoms with Gasteiger partial charge in [-0.05, 0) is 38.6 Å². The van der Waals surface area contributed by atoms with Crippen molar-refractivity contribution in [3.05, 3.63) is 65.9 Å². The molecule has 2 heterocycles. The SMILES string of the molecule is COc1ccccc1CC(=O)c1cn(C[C@H]2CCCCN2C)c2ccccc12. The van der Waals surface area contributed by atoms with Gasteiger partial charge < -0.3 is 14.2 Å². The van der Waals surface area contributed by atoms with Crippen molar-refractivity contribution in [1.29, 1.82) is 0 Å². The van der Waals surface area contributed by atoms with E-state index >= 15 is 0 Å². The maximum Gasteiger partial charge on any atom is 0.169 e. The van der Waals surface area contributed by atoms with Crippen molar-refractivity contribution in [1.82, 2.24) is 9.47 Å². The highest BCUT2D eigenvalue weighted by Crippen LogP contribution is 2.27. The molecule has 0 aliphatic carbocycles. The van der Waals surface area contributed by atoms with Crippen molar-refractivity contribution < 1.29 is 9.53 Å². The number of likely N-dealkylation sites (tertiary alicyclic amines) is 1. The summed E-state index contributed by atoms with van der Waals surface area (Å²) < 4.78 is 7.70. The minimum absolute atomic E-state index is 0.136. The zero-order valence-corrected chi connectivity index (χ0v) is 16.7. The van der Waals surface area contributed by atoms with Crippen LogP contribution in [0, 0.1) is 0 Å². The van der Waals surface area contributed by atoms with E-state index in [1.807, 2.05) is 30.3 Å². The fourth-order valence-electron chi connectivity index (χ4n) is 4.34. The number of hydrogen-bond acceptors (Lipinski definition) is 3. The van der Waals surface area contributed by atoms with Crippen molar-refractivity contribution in [3.63, 3.8) is 0 Å². The largest absolute Gasteiger partial charge is 0.496 e. The van der Waals surface area contributed by atoms with E-state index in [2.05, 4.69) is 40.9 Å². The summed E-state index contributed by atoms with van der Waals surface area (Å²) in [6.07, 6.45) is 6.19. The molecule has 1 aliphatic rings. The van der Waals surface area contributed by atoms with Crippen LogP contribution in [0.25, 0.3) is 10.9 Å². The Bertz CT molecular complexity index is 976. The average Bonchev–Trinajstić information content (AvgIpc) is 3.09. The second-order valence-corrected chi connectivity index (χ2v) is 7.75. The number of rotatable bonds is 6. The van der Waals surface area contributed by atoms with Crippen molar-refractivity contribution in [2.45, 2.75) is 38.3 Å². The van der Waals surface area contributed by atoms with Crippen molar-refractivity contribution in [2.24, 2.45) is 0 Å². The highest BCUT2D eigenvalue weighted by Gasteiger charge is 2.22. The number of hydrogen-bond donors (Lipinski definition) is 0. The first kappa shape index (κ1) is 18.8. The summed E-state index contributed by atoms with van der Waals surface area (Å²) in [6.45, 7) is 2.09. The van der Waals surface area contributed by atoms with Crippen LogP contribution < -0.4 is 4.74 Å². The topological polar surface area (TPSA) is 34.5 Å². The first-order valence-electron chi connectivity index (χ1n) is 10.1. The van der Waals surface area contributed by atoms with Crippen LogP contribution in [0.5, 0.6) is 5.75 Å². The maximum absolute atomic E-state index is 13.2. The quantitative estimate of drug-likeness (QED) is 0.592. The number of piperidine rings is 1. The van der Waals surface area contributed by atoms with Crippen molar-refractivity contribution >= 4 is 16.7 Å². The van der Waals surface area contributed by atoms with Crippen molar-refractivity contribution in [2.75, 3.05) is 20.7 Å². The van der Waals surface area contributed by atoms with E-state index in [1.54, 1.807) is 7.11 Å². The number of benzene rings is 2. The lowest BCUT2D eigenvalue weighted by atomic mass is 10.0. The number of fused-ring (bicyclic) bond motifs is 1. The molecule has 0 amide bonds. The zero-order chi connectivity index (χ0) is 19.5. The summed E-state index contributed by atoms with van der Waals surface area (Å²) in [5.74, 6) is 0.903. The number of methoxy groups -OCH3 is 1. The summed E-state index contributed by atoms with van der Waals surface area (Å²) in [5, 5.41) is 1.04. The molecule has 0 unspecified atom stereocenters. The number of likely N-dealkylation sites (N-methyl/N-ethyl adjacent to an activating group) is 1. The van der Waals surface area contributed by atoms with Crippen LogP contribution in [-0.2, 0) is 13.0 Å². The summed E-state index contributed by atoms with van der Waals surface area (Å²) >= 11 is 0. The third kappa shape index (κ3) is 3.69. The number of aromatic nitrogens is 1. The summed E-state index contributed by atoms with van der Waals surface area (Å²) in [4.78, 5) is 15.6. The molecule has 1 atom stereocenters. The van der Waals surface area contributed by atoms with Gasteiger partial charge in [0.15, 0.2) is 5.78 Å². The second-order valence-electron chi connectivity index (χ2n) is 7.75. The van der Waals surface area contributed by atoms with E-state index in [0.29, 0.717) is 12.5 Å². The fraction of sp³-hybridized carbons (Fsp3) is 0.375. The number of ether oxygens (including phenoxy) is 1. The molecule has 4 heteroatoms. The highest BCUT2D eigenvalue weighted by atomic mass is 16.5. The predicted octanol–water partition coefficient (Wildman–Crippen LogP) is 4.56. The lowest BCUT2D eigenvalue weighted by Gasteiger charge is -2.32. The van der Waals surface area contributed by atoms with Gasteiger partial charge in [-0.3, -0.25) is 4.79 Å². The van der Waals surface area contributed by atoms with Crippen molar-refractivity contribution in [3.8, 4) is 5.75 Å². The van der Waals surface area contributed by atoms with E-state index in [-0.39, 0.29) is 5.78 Å². The van der Waals surface area contributed by atoms with Crippen LogP contribution in [-0.4, -0.2) is 42.0 Å². The molecule has 0 spiro atoms. The minimum Gasteiger partial charge on any atom is -0.496 e. The molecule has 0 radical (unpaired) electrons. The summed E-state index contributed by atoms with van der Waals surface area (Å²) in [7, 11) is 3.86. The Morgan fingerprint density at radius 1 is 1.11 bits per heavy atom. The summed E-state index contributed by atoms with van der Waals surface area (Å²) in [6, 6.07) is 16.5. The van der Waals surface area contributed by atoms with Gasteiger partial charge in [-0.15, -0.1) is 0 Å². The molecule has 1 aliphatic heterocycles. The van der Waals surface area contributed by atoms with Gasteiger partial charge in [0.05, 0.1) is 7.11 Å². The molecule has 0 N–H and O–H groups in total. The van der Waals surface area contributed by atoms with Gasteiger partial charge in [-0.1, -0.05) is 42.8 Å². The zero-order valence-electron chi connectivity index (χ0n) is 16.7. The standard InChI is InChI=1S/C24H28N2O2/c1-25-14-8-7-10-19(25)16-26-17-21(20-11-4-5-12-22(20)26)23(27)15-18-9-3-6-13-24(18)28-2/h3-6,9,11-13,17,19H,7-8,10,14-16H2,1-2H3/t19-/m1/s1. The number of ketones is 1. The van der Waals surface area contributed by atoms with E-state index in [0.717, 1.165) is 40.9 Å². The molecule has 0 bridgehead atoms. The molecule has 1 fully saturated rings. The molecule has 146 valence electrons. The molecule has 4 nitrogen and oxygen atoms in total. The van der Waals surface area contributed by atoms with Crippen LogP contribution in [0.4, 0.5) is 0 Å². The van der Waals surface area contributed by atoms with Gasteiger partial charge in [-0.2, -0.15) is 0 Å². The predicted molar refractivity (Wildman–Crippen MR) is 113 cm³/mol. The van der Waals surface area contributed by atoms with E-state index in [4.69, 9.17) is 4.74 Å². The van der Waals surface area contributed by atoms with Crippen LogP contribution in [0.15, 0.2) is 54.7 Å². The number of carbonyl (C=O) groups excluding carboxylic acids is 1. The van der Waals surface area contributed by atoms with Gasteiger partial charge in [0.1, 0.15) is 5.75 Å². The number of nitrogens with zero attached hydrogens (tertiary/aromatic N) is 2. The normalized spacial score (nSPS) is 17.7. The Kier molecular flexibility index (Phi) is 5.49. The Balaban J connectivity index is 1.64. The molecule has 3 aromatic rings. The number of Topliss-reactive ketones (excluding diaryl/α,β-unsaturated/α-hetero) is 1. The first-order valence-corrected chi connectivity index (χ1v) is 10.1. The lowest BCUT2D eigenvalue weighted by Crippen LogP contribution is -2.39. The molecule has 28 heavy (non-hydrogen) atoms. The fourth-order valence-corrected chi connectivity index (χ4v) is 4.34. The lowest BCUT2D eigenvalue weighted by molar-refractivity contribution is 0.0993. The van der Waals surface area contributed by atoms with Gasteiger partial charge in [0.2, 0.25) is 0 Å². The molecule has 1 aromatic heterocycles. The van der Waals surface area contributed by atoms with Crippen LogP contribution in [0.3, 0.4) is 0 Å². The first-order chi connectivity index (χ1) is 13.7. The Morgan fingerprint density at radius 3 is 2.71 bits per heavy atom. The van der Waals surface area contributed by atoms with E-state index in [1.165, 1.54) is 19.3 Å². The smallest absolute Gasteiger partial charge is 0.169 e. The molecular weight excluding hydrogens is 348 g/mol. The Morgan fingerprint density at radius 2 is 1.89 bits per heavy atom. The van der Waals surface area contributed by atoms with Crippen LogP contribution in [0.1, 0.15) is 35.2 Å². The van der Waals surface area contributed by atoms with Crippen LogP contribution in [0.2, 0.25) is 0 Å². The molecule has 4 rings (SSSR count). The van der Waals surface area contributed by atoms with Gasteiger partial charge in [-0.25, -0.2) is 0 Å². The Hall–Kier alpha value is -2.59. The van der Waals surface area contributed by atoms with Gasteiger partial charge >= 0.3 is 0 Å². The maximum atomic E-state index is 13.2. The van der Waals surface area contributed by atoms with Crippen LogP contribution >= 0.6 is 0 Å². The van der Waals surface area contributed by atoms with Gasteiger partial charge in [0.25, 0.3) is 0 Å². The second kappa shape index (κ2) is 8.19. The third-order valence-electron chi connectivity index (χ3n) is 5.96. The highest BCUT2D eigenvalue weighted by molar-refractivity contribution is 6.09. The number of para-hydroxylation sites is 2. The Labute approximate surface area is 166 Å². The molecule has 1 saturated heterocycles. The number of carbonyl (C=O) groups is 1.